The molecular formula is C16H19N3O2. The van der Waals surface area contributed by atoms with Crippen LogP contribution in [0.3, 0.4) is 0 Å². The predicted molar refractivity (Wildman–Crippen MR) is 81.8 cm³/mol. The van der Waals surface area contributed by atoms with Crippen molar-refractivity contribution in [3.63, 3.8) is 0 Å². The first-order valence-corrected chi connectivity index (χ1v) is 7.38. The van der Waals surface area contributed by atoms with Gasteiger partial charge >= 0.3 is 0 Å². The van der Waals surface area contributed by atoms with Gasteiger partial charge in [-0.15, -0.1) is 0 Å². The topological polar surface area (TPSA) is 55.3 Å². The molecule has 2 aromatic rings. The van der Waals surface area contributed by atoms with Crippen LogP contribution in [0.5, 0.6) is 0 Å². The molecule has 1 unspecified atom stereocenters. The lowest BCUT2D eigenvalue weighted by Crippen LogP contribution is -2.40. The van der Waals surface area contributed by atoms with Crippen molar-refractivity contribution in [3.05, 3.63) is 30.0 Å². The van der Waals surface area contributed by atoms with Gasteiger partial charge < -0.3 is 9.64 Å². The highest BCUT2D eigenvalue weighted by Gasteiger charge is 2.21. The highest BCUT2D eigenvalue weighted by Crippen LogP contribution is 2.21. The van der Waals surface area contributed by atoms with Crippen molar-refractivity contribution in [2.75, 3.05) is 24.6 Å². The van der Waals surface area contributed by atoms with Gasteiger partial charge in [-0.3, -0.25) is 9.78 Å². The fourth-order valence-electron chi connectivity index (χ4n) is 2.76. The number of ether oxygens (including phenoxy) is 1. The summed E-state index contributed by atoms with van der Waals surface area (Å²) in [5.74, 6) is 0.880. The van der Waals surface area contributed by atoms with Crippen LogP contribution in [0, 0.1) is 0 Å². The maximum atomic E-state index is 10.8. The highest BCUT2D eigenvalue weighted by molar-refractivity contribution is 5.84. The summed E-state index contributed by atoms with van der Waals surface area (Å²) in [6.45, 7) is 4.62. The molecule has 1 aromatic heterocycles. The number of hydrogen-bond donors (Lipinski definition) is 0. The maximum Gasteiger partial charge on any atom is 0.150 e. The molecule has 0 radical (unpaired) electrons. The van der Waals surface area contributed by atoms with Gasteiger partial charge in [-0.05, 0) is 38.0 Å². The number of rotatable bonds is 4. The smallest absolute Gasteiger partial charge is 0.150 e. The highest BCUT2D eigenvalue weighted by atomic mass is 16.5. The largest absolute Gasteiger partial charge is 0.377 e. The molecule has 1 saturated heterocycles. The van der Waals surface area contributed by atoms with E-state index in [2.05, 4.69) is 14.9 Å². The van der Waals surface area contributed by atoms with Gasteiger partial charge in [-0.25, -0.2) is 4.98 Å². The average Bonchev–Trinajstić information content (AvgIpc) is 2.54. The number of benzene rings is 1. The van der Waals surface area contributed by atoms with Crippen molar-refractivity contribution in [1.29, 1.82) is 0 Å². The summed E-state index contributed by atoms with van der Waals surface area (Å²) in [5.41, 5.74) is 2.19. The minimum Gasteiger partial charge on any atom is -0.377 e. The van der Waals surface area contributed by atoms with E-state index < -0.39 is 0 Å². The molecule has 3 rings (SSSR count). The third-order valence-corrected chi connectivity index (χ3v) is 3.79. The Morgan fingerprint density at radius 2 is 2.33 bits per heavy atom. The van der Waals surface area contributed by atoms with E-state index in [1.807, 2.05) is 13.0 Å². The van der Waals surface area contributed by atoms with Crippen molar-refractivity contribution >= 4 is 23.1 Å². The second-order valence-electron chi connectivity index (χ2n) is 5.26. The summed E-state index contributed by atoms with van der Waals surface area (Å²) in [5, 5.41) is 0. The van der Waals surface area contributed by atoms with Crippen LogP contribution in [0.25, 0.3) is 11.0 Å². The fourth-order valence-corrected chi connectivity index (χ4v) is 2.76. The number of nitrogens with zero attached hydrogens (tertiary/aromatic N) is 3. The Labute approximate surface area is 124 Å². The van der Waals surface area contributed by atoms with Crippen LogP contribution in [0.4, 0.5) is 5.82 Å². The van der Waals surface area contributed by atoms with Gasteiger partial charge in [0.25, 0.3) is 0 Å². The summed E-state index contributed by atoms with van der Waals surface area (Å²) < 4.78 is 5.72. The van der Waals surface area contributed by atoms with Gasteiger partial charge in [0.1, 0.15) is 12.1 Å². The van der Waals surface area contributed by atoms with E-state index in [9.17, 15) is 4.79 Å². The first-order valence-electron chi connectivity index (χ1n) is 7.38. The molecule has 5 nitrogen and oxygen atoms in total. The Hall–Kier alpha value is -2.01. The number of aldehydes is 1. The second kappa shape index (κ2) is 6.18. The number of hydrogen-bond acceptors (Lipinski definition) is 5. The molecule has 0 spiro atoms. The van der Waals surface area contributed by atoms with E-state index in [0.29, 0.717) is 5.56 Å². The standard InChI is InChI=1S/C16H19N3O2/c1-2-21-13-4-3-7-19(10-13)16-9-17-15-8-12(11-20)5-6-14(15)18-16/h5-6,8-9,11,13H,2-4,7,10H2,1H3. The maximum absolute atomic E-state index is 10.8. The molecule has 1 aliphatic heterocycles. The molecule has 1 aliphatic rings. The van der Waals surface area contributed by atoms with E-state index in [1.54, 1.807) is 18.3 Å². The quantitative estimate of drug-likeness (QED) is 0.808. The van der Waals surface area contributed by atoms with Crippen LogP contribution in [0.1, 0.15) is 30.1 Å². The summed E-state index contributed by atoms with van der Waals surface area (Å²) in [6.07, 6.45) is 5.10. The molecule has 0 bridgehead atoms. The first-order chi connectivity index (χ1) is 10.3. The monoisotopic (exact) mass is 285 g/mol. The molecule has 110 valence electrons. The minimum absolute atomic E-state index is 0.277. The van der Waals surface area contributed by atoms with Crippen LogP contribution >= 0.6 is 0 Å². The molecule has 2 heterocycles. The van der Waals surface area contributed by atoms with Gasteiger partial charge in [0.2, 0.25) is 0 Å². The lowest BCUT2D eigenvalue weighted by molar-refractivity contribution is 0.0525. The van der Waals surface area contributed by atoms with Crippen molar-refractivity contribution in [1.82, 2.24) is 9.97 Å². The SMILES string of the molecule is CCOC1CCCN(c2cnc3cc(C=O)ccc3n2)C1. The lowest BCUT2D eigenvalue weighted by Gasteiger charge is -2.33. The Kier molecular flexibility index (Phi) is 4.10. The van der Waals surface area contributed by atoms with Gasteiger partial charge in [0.05, 0.1) is 23.3 Å². The van der Waals surface area contributed by atoms with Gasteiger partial charge in [0, 0.05) is 25.3 Å². The summed E-state index contributed by atoms with van der Waals surface area (Å²) in [4.78, 5) is 22.1. The zero-order chi connectivity index (χ0) is 14.7. The van der Waals surface area contributed by atoms with E-state index in [4.69, 9.17) is 4.74 Å². The van der Waals surface area contributed by atoms with E-state index in [-0.39, 0.29) is 6.10 Å². The van der Waals surface area contributed by atoms with Gasteiger partial charge in [-0.1, -0.05) is 0 Å². The van der Waals surface area contributed by atoms with Crippen molar-refractivity contribution in [2.24, 2.45) is 0 Å². The zero-order valence-electron chi connectivity index (χ0n) is 12.2. The molecular weight excluding hydrogens is 266 g/mol. The number of piperidine rings is 1. The predicted octanol–water partition coefficient (Wildman–Crippen LogP) is 2.45. The van der Waals surface area contributed by atoms with Crippen LogP contribution in [-0.2, 0) is 4.74 Å². The van der Waals surface area contributed by atoms with E-state index in [0.717, 1.165) is 55.7 Å². The van der Waals surface area contributed by atoms with Crippen molar-refractivity contribution in [3.8, 4) is 0 Å². The molecule has 0 amide bonds. The molecule has 21 heavy (non-hydrogen) atoms. The Morgan fingerprint density at radius 1 is 1.43 bits per heavy atom. The van der Waals surface area contributed by atoms with Crippen LogP contribution in [0.15, 0.2) is 24.4 Å². The zero-order valence-corrected chi connectivity index (χ0v) is 12.2. The molecule has 1 fully saturated rings. The molecule has 1 aromatic carbocycles. The number of carbonyl (C=O) groups excluding carboxylic acids is 1. The van der Waals surface area contributed by atoms with Crippen molar-refractivity contribution in [2.45, 2.75) is 25.9 Å². The average molecular weight is 285 g/mol. The summed E-state index contributed by atoms with van der Waals surface area (Å²) in [6, 6.07) is 5.38. The molecule has 1 atom stereocenters. The molecule has 0 aliphatic carbocycles. The first kappa shape index (κ1) is 13.9. The lowest BCUT2D eigenvalue weighted by atomic mass is 10.1. The number of anilines is 1. The van der Waals surface area contributed by atoms with Crippen LogP contribution < -0.4 is 4.90 Å². The molecule has 0 N–H and O–H groups in total. The third-order valence-electron chi connectivity index (χ3n) is 3.79. The third kappa shape index (κ3) is 3.03. The second-order valence-corrected chi connectivity index (χ2v) is 5.26. The van der Waals surface area contributed by atoms with Gasteiger partial charge in [-0.2, -0.15) is 0 Å². The molecule has 0 saturated carbocycles. The van der Waals surface area contributed by atoms with Crippen molar-refractivity contribution < 1.29 is 9.53 Å². The summed E-state index contributed by atoms with van der Waals surface area (Å²) in [7, 11) is 0. The van der Waals surface area contributed by atoms with Crippen LogP contribution in [-0.4, -0.2) is 42.1 Å². The Morgan fingerprint density at radius 3 is 3.14 bits per heavy atom. The number of fused-ring (bicyclic) bond motifs is 1. The minimum atomic E-state index is 0.277. The number of carbonyl (C=O) groups is 1. The van der Waals surface area contributed by atoms with E-state index in [1.165, 1.54) is 0 Å². The summed E-state index contributed by atoms with van der Waals surface area (Å²) >= 11 is 0. The Bertz CT molecular complexity index is 642. The van der Waals surface area contributed by atoms with E-state index >= 15 is 0 Å². The molecule has 5 heteroatoms. The fraction of sp³-hybridized carbons (Fsp3) is 0.438. The normalized spacial score (nSPS) is 18.9. The Balaban J connectivity index is 1.85. The van der Waals surface area contributed by atoms with Gasteiger partial charge in [0.15, 0.2) is 0 Å². The number of aromatic nitrogens is 2. The van der Waals surface area contributed by atoms with Crippen LogP contribution in [0.2, 0.25) is 0 Å².